The summed E-state index contributed by atoms with van der Waals surface area (Å²) in [4.78, 5) is 11.9. The molecule has 2 N–H and O–H groups in total. The third kappa shape index (κ3) is 3.95. The van der Waals surface area contributed by atoms with E-state index in [9.17, 15) is 15.0 Å². The summed E-state index contributed by atoms with van der Waals surface area (Å²) in [5.74, 6) is 8.29. The number of aliphatic hydroxyl groups is 2. The van der Waals surface area contributed by atoms with Crippen molar-refractivity contribution in [2.75, 3.05) is 6.61 Å². The van der Waals surface area contributed by atoms with Crippen molar-refractivity contribution in [2.45, 2.75) is 125 Å². The molecule has 0 amide bonds. The van der Waals surface area contributed by atoms with E-state index in [0.29, 0.717) is 29.6 Å². The average molecular weight is 539 g/mol. The Morgan fingerprint density at radius 1 is 0.923 bits per heavy atom. The third-order valence-electron chi connectivity index (χ3n) is 14.2. The second-order valence-corrected chi connectivity index (χ2v) is 15.8. The van der Waals surface area contributed by atoms with Crippen molar-refractivity contribution in [3.63, 3.8) is 0 Å². The van der Waals surface area contributed by atoms with E-state index >= 15 is 0 Å². The van der Waals surface area contributed by atoms with Crippen LogP contribution < -0.4 is 0 Å². The molecule has 0 heterocycles. The number of allylic oxidation sites excluding steroid dienone is 1. The molecule has 0 spiro atoms. The lowest BCUT2D eigenvalue weighted by Crippen LogP contribution is -2.67. The second kappa shape index (κ2) is 9.62. The van der Waals surface area contributed by atoms with Crippen molar-refractivity contribution < 1.29 is 19.7 Å². The molecule has 4 nitrogen and oxygen atoms in total. The molecule has 0 aromatic rings. The van der Waals surface area contributed by atoms with Crippen LogP contribution in [0.15, 0.2) is 12.2 Å². The Morgan fingerprint density at radius 2 is 1.64 bits per heavy atom. The number of hydrogen-bond donors (Lipinski definition) is 2. The van der Waals surface area contributed by atoms with E-state index in [1.807, 2.05) is 0 Å². The summed E-state index contributed by atoms with van der Waals surface area (Å²) in [6.45, 7) is 20.6. The Morgan fingerprint density at radius 3 is 2.28 bits per heavy atom. The summed E-state index contributed by atoms with van der Waals surface area (Å²) < 4.78 is 5.91. The van der Waals surface area contributed by atoms with Crippen LogP contribution in [0.25, 0.3) is 0 Å². The Bertz CT molecular complexity index is 1070. The molecule has 11 atom stereocenters. The second-order valence-electron chi connectivity index (χ2n) is 15.8. The number of rotatable bonds is 3. The maximum atomic E-state index is 11.9. The van der Waals surface area contributed by atoms with Crippen LogP contribution in [0.4, 0.5) is 0 Å². The average Bonchev–Trinajstić information content (AvgIpc) is 3.26. The highest BCUT2D eigenvalue weighted by Gasteiger charge is 2.71. The molecule has 0 aromatic heterocycles. The van der Waals surface area contributed by atoms with E-state index in [-0.39, 0.29) is 45.8 Å². The highest BCUT2D eigenvalue weighted by molar-refractivity contribution is 5.66. The fourth-order valence-corrected chi connectivity index (χ4v) is 12.3. The van der Waals surface area contributed by atoms with E-state index in [2.05, 4.69) is 60.0 Å². The molecule has 218 valence electrons. The van der Waals surface area contributed by atoms with Gasteiger partial charge in [-0.3, -0.25) is 4.79 Å². The summed E-state index contributed by atoms with van der Waals surface area (Å²) in [7, 11) is 0. The summed E-state index contributed by atoms with van der Waals surface area (Å²) >= 11 is 0. The highest BCUT2D eigenvalue weighted by Crippen LogP contribution is 2.77. The van der Waals surface area contributed by atoms with Gasteiger partial charge in [0.05, 0.1) is 0 Å². The minimum atomic E-state index is -0.681. The largest absolute Gasteiger partial charge is 0.462 e. The lowest BCUT2D eigenvalue weighted by atomic mass is 9.32. The van der Waals surface area contributed by atoms with Crippen LogP contribution in [0.2, 0.25) is 0 Å². The van der Waals surface area contributed by atoms with Crippen molar-refractivity contribution in [2.24, 2.45) is 56.7 Å². The molecule has 0 radical (unpaired) electrons. The first kappa shape index (κ1) is 29.2. The topological polar surface area (TPSA) is 66.8 Å². The van der Waals surface area contributed by atoms with Crippen molar-refractivity contribution in [1.82, 2.24) is 0 Å². The van der Waals surface area contributed by atoms with Crippen LogP contribution in [0.1, 0.15) is 113 Å². The quantitative estimate of drug-likeness (QED) is 0.232. The zero-order chi connectivity index (χ0) is 28.6. The molecule has 39 heavy (non-hydrogen) atoms. The fourth-order valence-electron chi connectivity index (χ4n) is 12.3. The Labute approximate surface area is 237 Å². The van der Waals surface area contributed by atoms with Crippen LogP contribution in [0, 0.1) is 68.5 Å². The molecule has 4 heteroatoms. The fraction of sp³-hybridized carbons (Fsp3) is 0.857. The van der Waals surface area contributed by atoms with E-state index in [1.54, 1.807) is 6.92 Å². The number of fused-ring (bicyclic) bond motifs is 7. The molecule has 5 fully saturated rings. The van der Waals surface area contributed by atoms with Gasteiger partial charge < -0.3 is 14.9 Å². The minimum absolute atomic E-state index is 0.0102. The van der Waals surface area contributed by atoms with Crippen LogP contribution in [-0.4, -0.2) is 35.0 Å². The van der Waals surface area contributed by atoms with Crippen molar-refractivity contribution >= 4 is 5.97 Å². The first-order valence-corrected chi connectivity index (χ1v) is 15.8. The first-order chi connectivity index (χ1) is 18.2. The van der Waals surface area contributed by atoms with Gasteiger partial charge in [-0.2, -0.15) is 0 Å². The maximum absolute atomic E-state index is 11.9. The van der Waals surface area contributed by atoms with Gasteiger partial charge in [-0.1, -0.05) is 58.6 Å². The Balaban J connectivity index is 1.52. The molecule has 0 saturated heterocycles. The predicted molar refractivity (Wildman–Crippen MR) is 155 cm³/mol. The van der Waals surface area contributed by atoms with Crippen LogP contribution in [-0.2, 0) is 9.53 Å². The molecule has 0 unspecified atom stereocenters. The molecule has 5 saturated carbocycles. The third-order valence-corrected chi connectivity index (χ3v) is 14.2. The standard InChI is InChI=1S/C35H54O4/c1-22(2)24-13-18-35(28(38)10-9-21-36)20-19-33(7)25(30(24)35)11-12-27-32(6)16-15-29(39-23(3)37)31(4,5)26(32)14-17-34(27,33)8/h24-30,36,38H,1,11-21H2,2-8H3/t24-,25+,26-,27+,28+,29-,30+,32-,33+,34+,35+/m0/s1. The van der Waals surface area contributed by atoms with E-state index in [4.69, 9.17) is 4.74 Å². The summed E-state index contributed by atoms with van der Waals surface area (Å²) in [5, 5.41) is 20.9. The van der Waals surface area contributed by atoms with Gasteiger partial charge in [-0.05, 0) is 117 Å². The molecule has 5 rings (SSSR count). The predicted octanol–water partition coefficient (Wildman–Crippen LogP) is 6.93. The maximum Gasteiger partial charge on any atom is 0.302 e. The minimum Gasteiger partial charge on any atom is -0.462 e. The Kier molecular flexibility index (Phi) is 7.20. The first-order valence-electron chi connectivity index (χ1n) is 15.8. The zero-order valence-corrected chi connectivity index (χ0v) is 25.7. The van der Waals surface area contributed by atoms with Gasteiger partial charge in [0, 0.05) is 17.8 Å². The van der Waals surface area contributed by atoms with Crippen LogP contribution in [0.3, 0.4) is 0 Å². The smallest absolute Gasteiger partial charge is 0.302 e. The molecule has 0 aliphatic heterocycles. The van der Waals surface area contributed by atoms with Crippen molar-refractivity contribution in [3.05, 3.63) is 12.2 Å². The monoisotopic (exact) mass is 538 g/mol. The summed E-state index contributed by atoms with van der Waals surface area (Å²) in [6, 6.07) is 0. The number of hydrogen-bond acceptors (Lipinski definition) is 4. The van der Waals surface area contributed by atoms with E-state index in [0.717, 1.165) is 38.5 Å². The van der Waals surface area contributed by atoms with Crippen molar-refractivity contribution in [1.29, 1.82) is 0 Å². The molecule has 5 aliphatic rings. The number of esters is 1. The highest BCUT2D eigenvalue weighted by atomic mass is 16.5. The normalized spacial score (nSPS) is 48.7. The molecular weight excluding hydrogens is 484 g/mol. The molecule has 0 bridgehead atoms. The Hall–Kier alpha value is -1.31. The van der Waals surface area contributed by atoms with E-state index in [1.165, 1.54) is 31.3 Å². The number of ether oxygens (including phenoxy) is 1. The van der Waals surface area contributed by atoms with Crippen LogP contribution in [0.5, 0.6) is 0 Å². The SMILES string of the molecule is C=C(C)[C@@H]1CC[C@]2([C@H](O)C#CCO)CC[C@]3(C)[C@H](CC[C@@H]4[C@@]5(C)CC[C@H](OC(C)=O)C(C)(C)[C@@H]5CC[C@]43C)[C@@H]12. The zero-order valence-electron chi connectivity index (χ0n) is 25.7. The summed E-state index contributed by atoms with van der Waals surface area (Å²) in [6.07, 6.45) is 10.6. The van der Waals surface area contributed by atoms with Gasteiger partial charge in [-0.15, -0.1) is 0 Å². The van der Waals surface area contributed by atoms with Gasteiger partial charge >= 0.3 is 5.97 Å². The number of carbonyl (C=O) groups is 1. The van der Waals surface area contributed by atoms with Gasteiger partial charge in [-0.25, -0.2) is 0 Å². The van der Waals surface area contributed by atoms with Gasteiger partial charge in [0.25, 0.3) is 0 Å². The number of aliphatic hydroxyl groups excluding tert-OH is 2. The van der Waals surface area contributed by atoms with Gasteiger partial charge in [0.1, 0.15) is 18.8 Å². The molecular formula is C35H54O4. The lowest BCUT2D eigenvalue weighted by Gasteiger charge is -2.73. The number of carbonyl (C=O) groups excluding carboxylic acids is 1. The van der Waals surface area contributed by atoms with E-state index < -0.39 is 6.10 Å². The lowest BCUT2D eigenvalue weighted by molar-refractivity contribution is -0.253. The molecule has 0 aromatic carbocycles. The van der Waals surface area contributed by atoms with Crippen LogP contribution >= 0.6 is 0 Å². The van der Waals surface area contributed by atoms with Crippen molar-refractivity contribution in [3.8, 4) is 11.8 Å². The van der Waals surface area contributed by atoms with Gasteiger partial charge in [0.2, 0.25) is 0 Å². The molecule has 5 aliphatic carbocycles. The van der Waals surface area contributed by atoms with Gasteiger partial charge in [0.15, 0.2) is 0 Å². The summed E-state index contributed by atoms with van der Waals surface area (Å²) in [5.41, 5.74) is 1.74.